The minimum Gasteiger partial charge on any atom is -0.496 e. The molecular weight excluding hydrogens is 392 g/mol. The first-order valence-corrected chi connectivity index (χ1v) is 10.7. The van der Waals surface area contributed by atoms with E-state index in [-0.39, 0.29) is 11.8 Å². The lowest BCUT2D eigenvalue weighted by atomic mass is 9.96. The van der Waals surface area contributed by atoms with E-state index in [1.165, 1.54) is 0 Å². The van der Waals surface area contributed by atoms with E-state index in [1.807, 2.05) is 24.3 Å². The third-order valence-corrected chi connectivity index (χ3v) is 5.61. The van der Waals surface area contributed by atoms with Crippen molar-refractivity contribution in [2.24, 2.45) is 16.6 Å². The molecule has 0 aliphatic carbocycles. The number of hydrogen-bond acceptors (Lipinski definition) is 5. The van der Waals surface area contributed by atoms with Gasteiger partial charge in [0.05, 0.1) is 7.11 Å². The van der Waals surface area contributed by atoms with E-state index < -0.39 is 0 Å². The molecule has 8 heteroatoms. The number of anilines is 1. The molecule has 1 aliphatic heterocycles. The van der Waals surface area contributed by atoms with E-state index in [0.717, 1.165) is 67.6 Å². The van der Waals surface area contributed by atoms with Crippen molar-refractivity contribution in [2.45, 2.75) is 25.8 Å². The number of pyridine rings is 1. The number of methoxy groups -OCH3 is 1. The lowest BCUT2D eigenvalue weighted by molar-refractivity contribution is -0.122. The van der Waals surface area contributed by atoms with E-state index in [1.54, 1.807) is 20.4 Å². The van der Waals surface area contributed by atoms with Gasteiger partial charge in [0.25, 0.3) is 0 Å². The SMILES string of the molecule is CN=C(NCCc1ccccc1OC)NCc1cccnc1N1CCC(C(N)=O)CC1. The number of amides is 1. The number of primary amides is 1. The Bertz CT molecular complexity index is 893. The molecule has 166 valence electrons. The van der Waals surface area contributed by atoms with Crippen molar-refractivity contribution in [3.63, 3.8) is 0 Å². The van der Waals surface area contributed by atoms with Gasteiger partial charge in [0.1, 0.15) is 11.6 Å². The number of nitrogens with zero attached hydrogens (tertiary/aromatic N) is 3. The Kier molecular flexibility index (Phi) is 8.09. The smallest absolute Gasteiger partial charge is 0.220 e. The number of guanidine groups is 1. The number of nitrogens with one attached hydrogen (secondary N) is 2. The van der Waals surface area contributed by atoms with Gasteiger partial charge in [-0.1, -0.05) is 24.3 Å². The second kappa shape index (κ2) is 11.2. The van der Waals surface area contributed by atoms with Gasteiger partial charge in [-0.05, 0) is 37.0 Å². The van der Waals surface area contributed by atoms with Crippen molar-refractivity contribution in [2.75, 3.05) is 38.7 Å². The van der Waals surface area contributed by atoms with Gasteiger partial charge in [-0.2, -0.15) is 0 Å². The summed E-state index contributed by atoms with van der Waals surface area (Å²) in [5.41, 5.74) is 7.71. The van der Waals surface area contributed by atoms with E-state index >= 15 is 0 Å². The fourth-order valence-corrected chi connectivity index (χ4v) is 3.85. The Morgan fingerprint density at radius 3 is 2.65 bits per heavy atom. The number of benzene rings is 1. The minimum atomic E-state index is -0.203. The monoisotopic (exact) mass is 424 g/mol. The van der Waals surface area contributed by atoms with Crippen LogP contribution in [0, 0.1) is 5.92 Å². The van der Waals surface area contributed by atoms with E-state index in [0.29, 0.717) is 6.54 Å². The molecule has 0 atom stereocenters. The van der Waals surface area contributed by atoms with Gasteiger partial charge >= 0.3 is 0 Å². The molecule has 4 N–H and O–H groups in total. The highest BCUT2D eigenvalue weighted by Crippen LogP contribution is 2.24. The summed E-state index contributed by atoms with van der Waals surface area (Å²) in [4.78, 5) is 22.6. The zero-order chi connectivity index (χ0) is 22.1. The summed E-state index contributed by atoms with van der Waals surface area (Å²) < 4.78 is 5.41. The second-order valence-corrected chi connectivity index (χ2v) is 7.56. The van der Waals surface area contributed by atoms with Gasteiger partial charge in [0.15, 0.2) is 5.96 Å². The molecule has 1 aromatic heterocycles. The molecule has 0 unspecified atom stereocenters. The lowest BCUT2D eigenvalue weighted by Crippen LogP contribution is -2.40. The topological polar surface area (TPSA) is 105 Å². The highest BCUT2D eigenvalue weighted by molar-refractivity contribution is 5.79. The largest absolute Gasteiger partial charge is 0.496 e. The summed E-state index contributed by atoms with van der Waals surface area (Å²) in [6.45, 7) is 2.90. The third-order valence-electron chi connectivity index (χ3n) is 5.61. The fourth-order valence-electron chi connectivity index (χ4n) is 3.85. The molecule has 0 spiro atoms. The molecule has 2 heterocycles. The molecule has 8 nitrogen and oxygen atoms in total. The van der Waals surface area contributed by atoms with Crippen molar-refractivity contribution in [1.29, 1.82) is 0 Å². The fraction of sp³-hybridized carbons (Fsp3) is 0.435. The number of rotatable bonds is 8. The Labute approximate surface area is 183 Å². The highest BCUT2D eigenvalue weighted by Gasteiger charge is 2.24. The summed E-state index contributed by atoms with van der Waals surface area (Å²) in [6, 6.07) is 12.0. The summed E-state index contributed by atoms with van der Waals surface area (Å²) >= 11 is 0. The van der Waals surface area contributed by atoms with Crippen molar-refractivity contribution in [3.8, 4) is 5.75 Å². The minimum absolute atomic E-state index is 0.0344. The van der Waals surface area contributed by atoms with Gasteiger partial charge < -0.3 is 26.0 Å². The van der Waals surface area contributed by atoms with Crippen LogP contribution >= 0.6 is 0 Å². The van der Waals surface area contributed by atoms with Gasteiger partial charge in [0.2, 0.25) is 5.91 Å². The van der Waals surface area contributed by atoms with Crippen LogP contribution in [-0.2, 0) is 17.8 Å². The number of aliphatic imine (C=N–C) groups is 1. The summed E-state index contributed by atoms with van der Waals surface area (Å²) in [5.74, 6) is 2.34. The predicted octanol–water partition coefficient (Wildman–Crippen LogP) is 1.70. The van der Waals surface area contributed by atoms with Gasteiger partial charge in [-0.3, -0.25) is 9.79 Å². The van der Waals surface area contributed by atoms with Crippen molar-refractivity contribution >= 4 is 17.7 Å². The molecule has 0 radical (unpaired) electrons. The zero-order valence-electron chi connectivity index (χ0n) is 18.3. The quantitative estimate of drug-likeness (QED) is 0.440. The van der Waals surface area contributed by atoms with E-state index in [4.69, 9.17) is 10.5 Å². The van der Waals surface area contributed by atoms with Gasteiger partial charge in [-0.15, -0.1) is 0 Å². The third kappa shape index (κ3) is 6.10. The van der Waals surface area contributed by atoms with Crippen LogP contribution in [0.5, 0.6) is 5.75 Å². The second-order valence-electron chi connectivity index (χ2n) is 7.56. The number of carbonyl (C=O) groups is 1. The Hall–Kier alpha value is -3.29. The summed E-state index contributed by atoms with van der Waals surface area (Å²) in [7, 11) is 3.45. The van der Waals surface area contributed by atoms with Gasteiger partial charge in [-0.25, -0.2) is 4.98 Å². The molecule has 1 aromatic carbocycles. The summed E-state index contributed by atoms with van der Waals surface area (Å²) in [6.07, 6.45) is 4.17. The molecule has 0 bridgehead atoms. The number of nitrogens with two attached hydrogens (primary N) is 1. The number of aromatic nitrogens is 1. The number of carbonyl (C=O) groups excluding carboxylic acids is 1. The van der Waals surface area contributed by atoms with Crippen molar-refractivity contribution < 1.29 is 9.53 Å². The van der Waals surface area contributed by atoms with Crippen LogP contribution in [0.15, 0.2) is 47.6 Å². The van der Waals surface area contributed by atoms with Gasteiger partial charge in [0, 0.05) is 50.9 Å². The first-order valence-electron chi connectivity index (χ1n) is 10.7. The molecule has 3 rings (SSSR count). The molecule has 1 aliphatic rings. The summed E-state index contributed by atoms with van der Waals surface area (Å²) in [5, 5.41) is 6.73. The molecular formula is C23H32N6O2. The highest BCUT2D eigenvalue weighted by atomic mass is 16.5. The van der Waals surface area contributed by atoms with Crippen LogP contribution in [0.4, 0.5) is 5.82 Å². The first kappa shape index (κ1) is 22.4. The molecule has 1 amide bonds. The molecule has 2 aromatic rings. The maximum atomic E-state index is 11.4. The molecule has 0 saturated carbocycles. The standard InChI is InChI=1S/C23H32N6O2/c1-25-23(27-13-9-17-6-3-4-8-20(17)31-2)28-16-19-7-5-12-26-22(19)29-14-10-18(11-15-29)21(24)30/h3-8,12,18H,9-11,13-16H2,1-2H3,(H2,24,30)(H2,25,27,28). The maximum Gasteiger partial charge on any atom is 0.220 e. The average molecular weight is 425 g/mol. The molecule has 1 fully saturated rings. The van der Waals surface area contributed by atoms with E-state index in [9.17, 15) is 4.79 Å². The maximum absolute atomic E-state index is 11.4. The van der Waals surface area contributed by atoms with Crippen LogP contribution in [0.1, 0.15) is 24.0 Å². The van der Waals surface area contributed by atoms with Crippen LogP contribution in [-0.4, -0.2) is 50.6 Å². The molecule has 31 heavy (non-hydrogen) atoms. The van der Waals surface area contributed by atoms with E-state index in [2.05, 4.69) is 37.6 Å². The first-order chi connectivity index (χ1) is 15.1. The normalized spacial score (nSPS) is 14.9. The number of piperidine rings is 1. The molecule has 1 saturated heterocycles. The number of hydrogen-bond donors (Lipinski definition) is 3. The Morgan fingerprint density at radius 1 is 1.19 bits per heavy atom. The van der Waals surface area contributed by atoms with Crippen LogP contribution in [0.2, 0.25) is 0 Å². The van der Waals surface area contributed by atoms with Crippen molar-refractivity contribution in [3.05, 3.63) is 53.7 Å². The Morgan fingerprint density at radius 2 is 1.94 bits per heavy atom. The number of para-hydroxylation sites is 1. The Balaban J connectivity index is 1.53. The lowest BCUT2D eigenvalue weighted by Gasteiger charge is -2.32. The number of ether oxygens (including phenoxy) is 1. The van der Waals surface area contributed by atoms with Crippen molar-refractivity contribution in [1.82, 2.24) is 15.6 Å². The van der Waals surface area contributed by atoms with Crippen LogP contribution in [0.3, 0.4) is 0 Å². The van der Waals surface area contributed by atoms with Crippen LogP contribution < -0.4 is 26.0 Å². The predicted molar refractivity (Wildman–Crippen MR) is 123 cm³/mol. The van der Waals surface area contributed by atoms with Crippen LogP contribution in [0.25, 0.3) is 0 Å². The zero-order valence-corrected chi connectivity index (χ0v) is 18.3. The average Bonchev–Trinajstić information content (AvgIpc) is 2.81.